The molecule has 0 bridgehead atoms. The van der Waals surface area contributed by atoms with Crippen LogP contribution >= 0.6 is 11.3 Å². The summed E-state index contributed by atoms with van der Waals surface area (Å²) in [5.41, 5.74) is 1.37. The van der Waals surface area contributed by atoms with E-state index in [1.165, 1.54) is 30.6 Å². The molecule has 0 spiro atoms. The summed E-state index contributed by atoms with van der Waals surface area (Å²) in [7, 11) is 0. The minimum atomic E-state index is -0.332. The molecule has 1 saturated carbocycles. The van der Waals surface area contributed by atoms with Crippen LogP contribution in [0.25, 0.3) is 0 Å². The van der Waals surface area contributed by atoms with Crippen LogP contribution in [0, 0.1) is 5.92 Å². The molecule has 136 valence electrons. The summed E-state index contributed by atoms with van der Waals surface area (Å²) < 4.78 is 4.96. The first kappa shape index (κ1) is 17.1. The van der Waals surface area contributed by atoms with Gasteiger partial charge in [0.15, 0.2) is 0 Å². The van der Waals surface area contributed by atoms with Gasteiger partial charge in [-0.2, -0.15) is 0 Å². The van der Waals surface area contributed by atoms with Crippen molar-refractivity contribution in [2.24, 2.45) is 5.92 Å². The summed E-state index contributed by atoms with van der Waals surface area (Å²) in [5.74, 6) is 0.446. The van der Waals surface area contributed by atoms with Crippen LogP contribution in [0.4, 0.5) is 10.5 Å². The largest absolute Gasteiger partial charge is 0.447 e. The molecule has 4 rings (SSSR count). The Morgan fingerprint density at radius 1 is 1.19 bits per heavy atom. The summed E-state index contributed by atoms with van der Waals surface area (Å²) >= 11 is 1.70. The Labute approximate surface area is 157 Å². The van der Waals surface area contributed by atoms with Crippen LogP contribution in [0.3, 0.4) is 0 Å². The van der Waals surface area contributed by atoms with E-state index in [9.17, 15) is 9.59 Å². The summed E-state index contributed by atoms with van der Waals surface area (Å²) in [6.07, 6.45) is 4.48. The molecule has 1 saturated heterocycles. The van der Waals surface area contributed by atoms with Gasteiger partial charge in [-0.3, -0.25) is 9.69 Å². The summed E-state index contributed by atoms with van der Waals surface area (Å²) in [4.78, 5) is 27.2. The number of benzene rings is 1. The van der Waals surface area contributed by atoms with Crippen molar-refractivity contribution >= 4 is 29.0 Å². The number of hydrogen-bond acceptors (Lipinski definition) is 4. The smallest absolute Gasteiger partial charge is 0.414 e. The maximum absolute atomic E-state index is 12.8. The molecular weight excluding hydrogens is 348 g/mol. The van der Waals surface area contributed by atoms with Crippen molar-refractivity contribution in [3.8, 4) is 0 Å². The van der Waals surface area contributed by atoms with Gasteiger partial charge in [0.2, 0.25) is 0 Å². The van der Waals surface area contributed by atoms with Crippen LogP contribution in [0.1, 0.15) is 47.0 Å². The van der Waals surface area contributed by atoms with Gasteiger partial charge in [-0.15, -0.1) is 11.3 Å². The molecule has 1 aromatic carbocycles. The maximum atomic E-state index is 12.8. The highest BCUT2D eigenvalue weighted by Gasteiger charge is 2.29. The number of thiophene rings is 1. The lowest BCUT2D eigenvalue weighted by molar-refractivity contribution is 0.0923. The monoisotopic (exact) mass is 370 g/mol. The number of hydrogen-bond donors (Lipinski definition) is 1. The fraction of sp³-hybridized carbons (Fsp3) is 0.400. The lowest BCUT2D eigenvalue weighted by atomic mass is 9.96. The topological polar surface area (TPSA) is 58.6 Å². The molecule has 1 atom stereocenters. The van der Waals surface area contributed by atoms with Gasteiger partial charge in [-0.25, -0.2) is 4.79 Å². The minimum Gasteiger partial charge on any atom is -0.447 e. The first-order valence-electron chi connectivity index (χ1n) is 9.11. The average molecular weight is 370 g/mol. The third kappa shape index (κ3) is 3.46. The summed E-state index contributed by atoms with van der Waals surface area (Å²) in [6, 6.07) is 11.4. The highest BCUT2D eigenvalue weighted by molar-refractivity contribution is 7.10. The van der Waals surface area contributed by atoms with Crippen molar-refractivity contribution in [2.75, 3.05) is 18.1 Å². The van der Waals surface area contributed by atoms with Crippen LogP contribution in [0.5, 0.6) is 0 Å². The zero-order chi connectivity index (χ0) is 17.9. The Morgan fingerprint density at radius 2 is 1.96 bits per heavy atom. The quantitative estimate of drug-likeness (QED) is 0.850. The standard InChI is InChI=1S/C20H22N2O3S/c23-19(15-7-9-16(10-8-15)22-11-12-25-20(22)24)21-18(14-4-1-2-5-14)17-6-3-13-26-17/h3,6-10,13-14,18H,1-2,4-5,11-12H2,(H,21,23)/t18-/m0/s1. The lowest BCUT2D eigenvalue weighted by Crippen LogP contribution is -2.32. The summed E-state index contributed by atoms with van der Waals surface area (Å²) in [6.45, 7) is 0.956. The van der Waals surface area contributed by atoms with E-state index in [2.05, 4.69) is 16.8 Å². The van der Waals surface area contributed by atoms with Gasteiger partial charge < -0.3 is 10.1 Å². The van der Waals surface area contributed by atoms with Crippen molar-refractivity contribution in [2.45, 2.75) is 31.7 Å². The molecule has 5 nitrogen and oxygen atoms in total. The molecule has 2 heterocycles. The second-order valence-electron chi connectivity index (χ2n) is 6.82. The predicted octanol–water partition coefficient (Wildman–Crippen LogP) is 4.37. The molecule has 2 aliphatic rings. The Balaban J connectivity index is 1.48. The van der Waals surface area contributed by atoms with Gasteiger partial charge in [0.05, 0.1) is 12.6 Å². The van der Waals surface area contributed by atoms with Gasteiger partial charge in [-0.05, 0) is 54.5 Å². The Kier molecular flexibility index (Phi) is 4.93. The lowest BCUT2D eigenvalue weighted by Gasteiger charge is -2.24. The number of rotatable bonds is 5. The average Bonchev–Trinajstić information content (AvgIpc) is 3.42. The Bertz CT molecular complexity index is 767. The van der Waals surface area contributed by atoms with Gasteiger partial charge in [0.25, 0.3) is 5.91 Å². The van der Waals surface area contributed by atoms with Crippen molar-refractivity contribution < 1.29 is 14.3 Å². The number of carbonyl (C=O) groups is 2. The molecule has 6 heteroatoms. The van der Waals surface area contributed by atoms with Gasteiger partial charge in [0, 0.05) is 16.1 Å². The fourth-order valence-electron chi connectivity index (χ4n) is 3.83. The molecule has 1 aliphatic carbocycles. The zero-order valence-corrected chi connectivity index (χ0v) is 15.3. The SMILES string of the molecule is O=C(N[C@H](c1cccs1)C1CCCC1)c1ccc(N2CCOC2=O)cc1. The number of cyclic esters (lactones) is 1. The van der Waals surface area contributed by atoms with Crippen LogP contribution in [0.15, 0.2) is 41.8 Å². The molecular formula is C20H22N2O3S. The number of nitrogens with zero attached hydrogens (tertiary/aromatic N) is 1. The number of anilines is 1. The molecule has 2 aromatic rings. The Hall–Kier alpha value is -2.34. The highest BCUT2D eigenvalue weighted by Crippen LogP contribution is 2.37. The van der Waals surface area contributed by atoms with E-state index in [-0.39, 0.29) is 18.0 Å². The molecule has 0 radical (unpaired) electrons. The van der Waals surface area contributed by atoms with Crippen molar-refractivity contribution in [1.29, 1.82) is 0 Å². The number of nitrogens with one attached hydrogen (secondary N) is 1. The first-order chi connectivity index (χ1) is 12.7. The van der Waals surface area contributed by atoms with Crippen LogP contribution in [-0.4, -0.2) is 25.2 Å². The second-order valence-corrected chi connectivity index (χ2v) is 7.80. The van der Waals surface area contributed by atoms with E-state index in [0.717, 1.165) is 5.69 Å². The fourth-order valence-corrected chi connectivity index (χ4v) is 4.69. The van der Waals surface area contributed by atoms with E-state index in [1.807, 2.05) is 6.07 Å². The molecule has 1 aliphatic heterocycles. The molecule has 2 fully saturated rings. The van der Waals surface area contributed by atoms with Crippen LogP contribution < -0.4 is 10.2 Å². The zero-order valence-electron chi connectivity index (χ0n) is 14.5. The van der Waals surface area contributed by atoms with Crippen LogP contribution in [-0.2, 0) is 4.74 Å². The molecule has 2 amide bonds. The van der Waals surface area contributed by atoms with E-state index in [0.29, 0.717) is 24.6 Å². The number of ether oxygens (including phenoxy) is 1. The molecule has 1 N–H and O–H groups in total. The van der Waals surface area contributed by atoms with E-state index < -0.39 is 0 Å². The Morgan fingerprint density at radius 3 is 2.58 bits per heavy atom. The van der Waals surface area contributed by atoms with E-state index >= 15 is 0 Å². The van der Waals surface area contributed by atoms with Crippen molar-refractivity contribution in [1.82, 2.24) is 5.32 Å². The van der Waals surface area contributed by atoms with E-state index in [1.54, 1.807) is 40.5 Å². The third-order valence-corrected chi connectivity index (χ3v) is 6.16. The third-order valence-electron chi connectivity index (χ3n) is 5.21. The van der Waals surface area contributed by atoms with Gasteiger partial charge in [-0.1, -0.05) is 18.9 Å². The minimum absolute atomic E-state index is 0.0640. The van der Waals surface area contributed by atoms with Gasteiger partial charge in [0.1, 0.15) is 6.61 Å². The second kappa shape index (κ2) is 7.50. The highest BCUT2D eigenvalue weighted by atomic mass is 32.1. The van der Waals surface area contributed by atoms with Crippen molar-refractivity contribution in [3.05, 3.63) is 52.2 Å². The maximum Gasteiger partial charge on any atom is 0.414 e. The number of carbonyl (C=O) groups excluding carboxylic acids is 2. The molecule has 0 unspecified atom stereocenters. The van der Waals surface area contributed by atoms with Crippen molar-refractivity contribution in [3.63, 3.8) is 0 Å². The predicted molar refractivity (Wildman–Crippen MR) is 102 cm³/mol. The van der Waals surface area contributed by atoms with E-state index in [4.69, 9.17) is 4.74 Å². The molecule has 1 aromatic heterocycles. The normalized spacial score (nSPS) is 18.8. The number of amides is 2. The first-order valence-corrected chi connectivity index (χ1v) is 9.99. The summed E-state index contributed by atoms with van der Waals surface area (Å²) in [5, 5.41) is 5.30. The van der Waals surface area contributed by atoms with Crippen LogP contribution in [0.2, 0.25) is 0 Å². The molecule has 26 heavy (non-hydrogen) atoms. The van der Waals surface area contributed by atoms with Gasteiger partial charge >= 0.3 is 6.09 Å².